The van der Waals surface area contributed by atoms with Crippen molar-refractivity contribution in [2.24, 2.45) is 5.92 Å². The van der Waals surface area contributed by atoms with Gasteiger partial charge >= 0.3 is 6.18 Å². The van der Waals surface area contributed by atoms with Crippen molar-refractivity contribution >= 4 is 17.9 Å². The molecular weight excluding hydrogens is 401 g/mol. The first-order valence-corrected chi connectivity index (χ1v) is 9.77. The summed E-state index contributed by atoms with van der Waals surface area (Å²) in [7, 11) is 1.56. The average molecular weight is 428 g/mol. The number of carbonyl (C=O) groups is 2. The van der Waals surface area contributed by atoms with Gasteiger partial charge in [-0.15, -0.1) is 0 Å². The number of nitrogens with one attached hydrogen (secondary N) is 1. The average Bonchev–Trinajstić information content (AvgIpc) is 2.73. The summed E-state index contributed by atoms with van der Waals surface area (Å²) in [6, 6.07) is 4.45. The van der Waals surface area contributed by atoms with E-state index in [1.54, 1.807) is 12.0 Å². The predicted molar refractivity (Wildman–Crippen MR) is 105 cm³/mol. The maximum atomic E-state index is 12.6. The molecule has 0 atom stereocenters. The first-order valence-electron chi connectivity index (χ1n) is 9.77. The van der Waals surface area contributed by atoms with Crippen molar-refractivity contribution in [3.63, 3.8) is 0 Å². The number of ether oxygens (including phenoxy) is 2. The molecule has 1 aromatic rings. The van der Waals surface area contributed by atoms with Crippen LogP contribution < -0.4 is 5.32 Å². The maximum Gasteiger partial charge on any atom is 0.416 e. The van der Waals surface area contributed by atoms with Crippen molar-refractivity contribution in [3.05, 3.63) is 41.5 Å². The normalized spacial score (nSPS) is 15.3. The van der Waals surface area contributed by atoms with E-state index in [0.29, 0.717) is 44.4 Å². The molecule has 1 heterocycles. The van der Waals surface area contributed by atoms with Crippen LogP contribution in [-0.4, -0.2) is 63.3 Å². The zero-order chi connectivity index (χ0) is 22.0. The zero-order valence-electron chi connectivity index (χ0n) is 16.9. The molecule has 2 amide bonds. The second-order valence-electron chi connectivity index (χ2n) is 7.06. The van der Waals surface area contributed by atoms with Gasteiger partial charge in [0.15, 0.2) is 0 Å². The van der Waals surface area contributed by atoms with Gasteiger partial charge < -0.3 is 19.7 Å². The van der Waals surface area contributed by atoms with E-state index in [0.717, 1.165) is 25.0 Å². The quantitative estimate of drug-likeness (QED) is 0.615. The summed E-state index contributed by atoms with van der Waals surface area (Å²) in [5, 5.41) is 2.52. The van der Waals surface area contributed by atoms with Crippen LogP contribution >= 0.6 is 0 Å². The molecule has 0 aromatic heterocycles. The lowest BCUT2D eigenvalue weighted by Gasteiger charge is -2.29. The van der Waals surface area contributed by atoms with Crippen LogP contribution in [0.15, 0.2) is 30.3 Å². The molecule has 0 radical (unpaired) electrons. The van der Waals surface area contributed by atoms with Crippen LogP contribution in [-0.2, 0) is 25.2 Å². The molecule has 0 bridgehead atoms. The van der Waals surface area contributed by atoms with Crippen LogP contribution in [0.25, 0.3) is 6.08 Å². The van der Waals surface area contributed by atoms with E-state index in [-0.39, 0.29) is 12.5 Å². The molecule has 0 aliphatic carbocycles. The van der Waals surface area contributed by atoms with Gasteiger partial charge in [0.1, 0.15) is 0 Å². The van der Waals surface area contributed by atoms with Crippen molar-refractivity contribution in [1.29, 1.82) is 0 Å². The fourth-order valence-corrected chi connectivity index (χ4v) is 3.05. The highest BCUT2D eigenvalue weighted by Gasteiger charge is 2.29. The lowest BCUT2D eigenvalue weighted by atomic mass is 9.99. The van der Waals surface area contributed by atoms with Gasteiger partial charge in [-0.05, 0) is 42.5 Å². The SMILES string of the molecule is COCCN(CC1CCOCC1)C(=O)CNC(=O)/C=C/c1ccc(C(F)(F)F)cc1. The minimum Gasteiger partial charge on any atom is -0.383 e. The largest absolute Gasteiger partial charge is 0.416 e. The summed E-state index contributed by atoms with van der Waals surface area (Å²) in [4.78, 5) is 26.2. The number of benzene rings is 1. The van der Waals surface area contributed by atoms with E-state index in [2.05, 4.69) is 5.32 Å². The van der Waals surface area contributed by atoms with Crippen LogP contribution in [0.5, 0.6) is 0 Å². The van der Waals surface area contributed by atoms with E-state index >= 15 is 0 Å². The number of alkyl halides is 3. The molecule has 9 heteroatoms. The van der Waals surface area contributed by atoms with Crippen molar-refractivity contribution < 1.29 is 32.2 Å². The molecule has 0 saturated carbocycles. The van der Waals surface area contributed by atoms with Gasteiger partial charge in [-0.2, -0.15) is 13.2 Å². The van der Waals surface area contributed by atoms with Gasteiger partial charge in [-0.25, -0.2) is 0 Å². The molecule has 1 aliphatic rings. The number of amides is 2. The number of halogens is 3. The third kappa shape index (κ3) is 8.16. The Morgan fingerprint density at radius 3 is 2.50 bits per heavy atom. The Labute approximate surface area is 174 Å². The standard InChI is InChI=1S/C21H27F3N2O4/c1-29-13-10-26(15-17-8-11-30-12-9-17)20(28)14-25-19(27)7-4-16-2-5-18(6-3-16)21(22,23)24/h2-7,17H,8-15H2,1H3,(H,25,27)/b7-4+. The van der Waals surface area contributed by atoms with Gasteiger partial charge in [-0.1, -0.05) is 12.1 Å². The zero-order valence-corrected chi connectivity index (χ0v) is 16.9. The van der Waals surface area contributed by atoms with Gasteiger partial charge in [0.25, 0.3) is 0 Å². The summed E-state index contributed by atoms with van der Waals surface area (Å²) in [5.41, 5.74) is -0.305. The smallest absolute Gasteiger partial charge is 0.383 e. The molecule has 1 saturated heterocycles. The van der Waals surface area contributed by atoms with E-state index in [9.17, 15) is 22.8 Å². The molecule has 0 spiro atoms. The number of rotatable bonds is 9. The molecule has 1 fully saturated rings. The van der Waals surface area contributed by atoms with Crippen LogP contribution in [0.1, 0.15) is 24.0 Å². The third-order valence-corrected chi connectivity index (χ3v) is 4.82. The van der Waals surface area contributed by atoms with E-state index in [1.807, 2.05) is 0 Å². The molecule has 6 nitrogen and oxygen atoms in total. The molecule has 0 unspecified atom stereocenters. The Morgan fingerprint density at radius 1 is 1.23 bits per heavy atom. The highest BCUT2D eigenvalue weighted by Crippen LogP contribution is 2.29. The van der Waals surface area contributed by atoms with Crippen molar-refractivity contribution in [2.45, 2.75) is 19.0 Å². The molecule has 1 aromatic carbocycles. The summed E-state index contributed by atoms with van der Waals surface area (Å²) < 4.78 is 48.1. The van der Waals surface area contributed by atoms with Crippen molar-refractivity contribution in [2.75, 3.05) is 46.6 Å². The Bertz CT molecular complexity index is 714. The lowest BCUT2D eigenvalue weighted by molar-refractivity contribution is -0.137. The molecular formula is C21H27F3N2O4. The highest BCUT2D eigenvalue weighted by molar-refractivity contribution is 5.94. The molecule has 30 heavy (non-hydrogen) atoms. The van der Waals surface area contributed by atoms with Crippen molar-refractivity contribution in [1.82, 2.24) is 10.2 Å². The van der Waals surface area contributed by atoms with E-state index in [1.165, 1.54) is 24.3 Å². The summed E-state index contributed by atoms with van der Waals surface area (Å²) in [6.07, 6.45) is -0.0458. The van der Waals surface area contributed by atoms with Crippen LogP contribution in [0, 0.1) is 5.92 Å². The second-order valence-corrected chi connectivity index (χ2v) is 7.06. The number of hydrogen-bond acceptors (Lipinski definition) is 4. The highest BCUT2D eigenvalue weighted by atomic mass is 19.4. The second kappa shape index (κ2) is 11.7. The summed E-state index contributed by atoms with van der Waals surface area (Å²) in [6.45, 7) is 2.62. The fourth-order valence-electron chi connectivity index (χ4n) is 3.05. The van der Waals surface area contributed by atoms with Gasteiger partial charge in [0, 0.05) is 39.5 Å². The lowest BCUT2D eigenvalue weighted by Crippen LogP contribution is -2.44. The third-order valence-electron chi connectivity index (χ3n) is 4.82. The van der Waals surface area contributed by atoms with Gasteiger partial charge in [0.05, 0.1) is 18.7 Å². The van der Waals surface area contributed by atoms with Gasteiger partial charge in [-0.3, -0.25) is 9.59 Å². The fraction of sp³-hybridized carbons (Fsp3) is 0.524. The Kier molecular flexibility index (Phi) is 9.32. The van der Waals surface area contributed by atoms with E-state index in [4.69, 9.17) is 9.47 Å². The Morgan fingerprint density at radius 2 is 1.90 bits per heavy atom. The van der Waals surface area contributed by atoms with Gasteiger partial charge in [0.2, 0.25) is 11.8 Å². The molecule has 2 rings (SSSR count). The van der Waals surface area contributed by atoms with Crippen LogP contribution in [0.4, 0.5) is 13.2 Å². The minimum absolute atomic E-state index is 0.164. The first-order chi connectivity index (χ1) is 14.3. The molecule has 1 aliphatic heterocycles. The minimum atomic E-state index is -4.40. The molecule has 166 valence electrons. The predicted octanol–water partition coefficient (Wildman–Crippen LogP) is 2.74. The maximum absolute atomic E-state index is 12.6. The number of hydrogen-bond donors (Lipinski definition) is 1. The number of carbonyl (C=O) groups excluding carboxylic acids is 2. The topological polar surface area (TPSA) is 67.9 Å². The summed E-state index contributed by atoms with van der Waals surface area (Å²) in [5.74, 6) is -0.356. The Balaban J connectivity index is 1.84. The van der Waals surface area contributed by atoms with Crippen LogP contribution in [0.2, 0.25) is 0 Å². The first kappa shape index (κ1) is 23.9. The number of methoxy groups -OCH3 is 1. The van der Waals surface area contributed by atoms with Crippen molar-refractivity contribution in [3.8, 4) is 0 Å². The summed E-state index contributed by atoms with van der Waals surface area (Å²) >= 11 is 0. The number of nitrogens with zero attached hydrogens (tertiary/aromatic N) is 1. The Hall–Kier alpha value is -2.39. The monoisotopic (exact) mass is 428 g/mol. The van der Waals surface area contributed by atoms with E-state index < -0.39 is 17.6 Å². The molecule has 1 N–H and O–H groups in total. The van der Waals surface area contributed by atoms with Crippen LogP contribution in [0.3, 0.4) is 0 Å².